The van der Waals surface area contributed by atoms with Crippen LogP contribution in [0.25, 0.3) is 0 Å². The van der Waals surface area contributed by atoms with E-state index >= 15 is 0 Å². The molecule has 0 aliphatic heterocycles. The highest BCUT2D eigenvalue weighted by Crippen LogP contribution is 2.33. The van der Waals surface area contributed by atoms with Gasteiger partial charge in [0.25, 0.3) is 0 Å². The Hall–Kier alpha value is -3.02. The van der Waals surface area contributed by atoms with Crippen molar-refractivity contribution >= 4 is 17.5 Å². The van der Waals surface area contributed by atoms with Crippen molar-refractivity contribution in [1.82, 2.24) is 10.6 Å². The summed E-state index contributed by atoms with van der Waals surface area (Å²) in [7, 11) is 4.89. The largest absolute Gasteiger partial charge is 0.493 e. The zero-order chi connectivity index (χ0) is 22.9. The van der Waals surface area contributed by atoms with Gasteiger partial charge in [0, 0.05) is 18.1 Å². The molecule has 5 nitrogen and oxygen atoms in total. The van der Waals surface area contributed by atoms with E-state index in [4.69, 9.17) is 21.1 Å². The molecule has 3 aromatic rings. The molecule has 168 valence electrons. The van der Waals surface area contributed by atoms with Crippen molar-refractivity contribution < 1.29 is 14.3 Å². The van der Waals surface area contributed by atoms with E-state index in [1.807, 2.05) is 72.8 Å². The average molecular weight is 453 g/mol. The van der Waals surface area contributed by atoms with Gasteiger partial charge < -0.3 is 14.8 Å². The number of hydrogen-bond donors (Lipinski definition) is 2. The molecule has 3 rings (SSSR count). The minimum atomic E-state index is -0.496. The lowest BCUT2D eigenvalue weighted by Gasteiger charge is -2.26. The first-order valence-electron chi connectivity index (χ1n) is 10.5. The fourth-order valence-electron chi connectivity index (χ4n) is 3.69. The fourth-order valence-corrected chi connectivity index (χ4v) is 3.82. The summed E-state index contributed by atoms with van der Waals surface area (Å²) in [6, 6.07) is 22.8. The minimum Gasteiger partial charge on any atom is -0.493 e. The molecule has 0 aliphatic rings. The number of benzene rings is 3. The highest BCUT2D eigenvalue weighted by Gasteiger charge is 2.24. The first-order chi connectivity index (χ1) is 15.5. The summed E-state index contributed by atoms with van der Waals surface area (Å²) in [6.07, 6.45) is 1.59. The summed E-state index contributed by atoms with van der Waals surface area (Å²) in [5, 5.41) is 7.07. The minimum absolute atomic E-state index is 0.0897. The molecule has 3 aromatic carbocycles. The Balaban J connectivity index is 1.93. The van der Waals surface area contributed by atoms with Crippen molar-refractivity contribution in [1.29, 1.82) is 0 Å². The number of carbonyl (C=O) groups excluding carboxylic acids is 1. The molecule has 0 saturated heterocycles. The Bertz CT molecular complexity index is 1010. The summed E-state index contributed by atoms with van der Waals surface area (Å²) in [4.78, 5) is 12.8. The zero-order valence-electron chi connectivity index (χ0n) is 18.6. The number of carbonyl (C=O) groups is 1. The van der Waals surface area contributed by atoms with Crippen molar-refractivity contribution in [2.24, 2.45) is 0 Å². The fraction of sp³-hybridized carbons (Fsp3) is 0.269. The van der Waals surface area contributed by atoms with Crippen LogP contribution in [-0.2, 0) is 11.2 Å². The number of amides is 1. The summed E-state index contributed by atoms with van der Waals surface area (Å²) in [5.74, 6) is 1.23. The number of methoxy groups -OCH3 is 2. The molecule has 6 heteroatoms. The maximum Gasteiger partial charge on any atom is 0.241 e. The van der Waals surface area contributed by atoms with E-state index in [9.17, 15) is 4.79 Å². The van der Waals surface area contributed by atoms with E-state index in [1.165, 1.54) is 5.56 Å². The maximum atomic E-state index is 12.8. The van der Waals surface area contributed by atoms with Crippen LogP contribution < -0.4 is 20.1 Å². The van der Waals surface area contributed by atoms with Crippen molar-refractivity contribution in [3.63, 3.8) is 0 Å². The molecule has 0 aliphatic carbocycles. The van der Waals surface area contributed by atoms with Gasteiger partial charge in [0.05, 0.1) is 14.2 Å². The van der Waals surface area contributed by atoms with E-state index in [0.717, 1.165) is 24.0 Å². The van der Waals surface area contributed by atoms with Crippen LogP contribution in [0.3, 0.4) is 0 Å². The van der Waals surface area contributed by atoms with Crippen LogP contribution in [0.15, 0.2) is 72.8 Å². The third-order valence-corrected chi connectivity index (χ3v) is 5.71. The molecule has 0 heterocycles. The van der Waals surface area contributed by atoms with Crippen LogP contribution in [0, 0.1) is 0 Å². The van der Waals surface area contributed by atoms with Gasteiger partial charge in [0.15, 0.2) is 11.5 Å². The lowest BCUT2D eigenvalue weighted by atomic mass is 9.96. The van der Waals surface area contributed by atoms with Crippen LogP contribution in [0.4, 0.5) is 0 Å². The number of nitrogens with one attached hydrogen (secondary N) is 2. The third-order valence-electron chi connectivity index (χ3n) is 5.45. The van der Waals surface area contributed by atoms with Crippen molar-refractivity contribution in [2.45, 2.75) is 24.9 Å². The Morgan fingerprint density at radius 2 is 1.59 bits per heavy atom. The quantitative estimate of drug-likeness (QED) is 0.449. The smallest absolute Gasteiger partial charge is 0.241 e. The van der Waals surface area contributed by atoms with Gasteiger partial charge in [-0.3, -0.25) is 10.1 Å². The average Bonchev–Trinajstić information content (AvgIpc) is 2.85. The molecule has 0 saturated carbocycles. The second-order valence-corrected chi connectivity index (χ2v) is 7.89. The molecule has 0 aromatic heterocycles. The number of likely N-dealkylation sites (N-methyl/N-ethyl adjacent to an activating group) is 1. The van der Waals surface area contributed by atoms with E-state index < -0.39 is 6.04 Å². The van der Waals surface area contributed by atoms with Crippen molar-refractivity contribution in [2.75, 3.05) is 21.3 Å². The van der Waals surface area contributed by atoms with E-state index in [1.54, 1.807) is 21.3 Å². The van der Waals surface area contributed by atoms with Gasteiger partial charge in [0.2, 0.25) is 5.91 Å². The van der Waals surface area contributed by atoms with Crippen LogP contribution in [-0.4, -0.2) is 27.2 Å². The third kappa shape index (κ3) is 6.02. The Kier molecular flexibility index (Phi) is 8.54. The molecule has 32 heavy (non-hydrogen) atoms. The van der Waals surface area contributed by atoms with Crippen molar-refractivity contribution in [3.8, 4) is 11.5 Å². The second kappa shape index (κ2) is 11.6. The van der Waals surface area contributed by atoms with Crippen molar-refractivity contribution in [3.05, 3.63) is 94.5 Å². The first-order valence-corrected chi connectivity index (χ1v) is 10.9. The number of rotatable bonds is 10. The Morgan fingerprint density at radius 1 is 0.906 bits per heavy atom. The van der Waals surface area contributed by atoms with Gasteiger partial charge in [0.1, 0.15) is 6.04 Å². The summed E-state index contributed by atoms with van der Waals surface area (Å²) in [5.41, 5.74) is 3.10. The number of ether oxygens (including phenoxy) is 2. The van der Waals surface area contributed by atoms with Gasteiger partial charge in [-0.1, -0.05) is 60.1 Å². The molecular formula is C26H29ClN2O3. The lowest BCUT2D eigenvalue weighted by molar-refractivity contribution is -0.123. The van der Waals surface area contributed by atoms with Crippen LogP contribution in [0.2, 0.25) is 5.02 Å². The zero-order valence-corrected chi connectivity index (χ0v) is 19.4. The normalized spacial score (nSPS) is 12.6. The molecule has 0 radical (unpaired) electrons. The van der Waals surface area contributed by atoms with E-state index in [2.05, 4.69) is 10.6 Å². The Morgan fingerprint density at radius 3 is 2.22 bits per heavy atom. The molecule has 2 atom stereocenters. The molecule has 1 amide bonds. The predicted molar refractivity (Wildman–Crippen MR) is 128 cm³/mol. The number of hydrogen-bond acceptors (Lipinski definition) is 4. The van der Waals surface area contributed by atoms with Crippen LogP contribution in [0.5, 0.6) is 11.5 Å². The number of aryl methyl sites for hydroxylation is 1. The molecule has 0 spiro atoms. The van der Waals surface area contributed by atoms with Gasteiger partial charge in [-0.05, 0) is 53.8 Å². The highest BCUT2D eigenvalue weighted by atomic mass is 35.5. The Labute approximate surface area is 194 Å². The standard InChI is InChI=1S/C26H29ClN2O3/c1-28-26(30)25(19-7-5-4-6-8-19)29-22(15-11-18-9-13-21(27)14-10-18)20-12-16-23(31-2)24(17-20)32-3/h4-10,12-14,16-17,22,25,29H,11,15H2,1-3H3,(H,28,30)/t22-,25?/m1/s1. The molecule has 1 unspecified atom stereocenters. The lowest BCUT2D eigenvalue weighted by Crippen LogP contribution is -2.38. The van der Waals surface area contributed by atoms with Gasteiger partial charge in [-0.25, -0.2) is 0 Å². The predicted octanol–water partition coefficient (Wildman–Crippen LogP) is 5.11. The topological polar surface area (TPSA) is 59.6 Å². The molecule has 2 N–H and O–H groups in total. The first kappa shape index (κ1) is 23.6. The second-order valence-electron chi connectivity index (χ2n) is 7.46. The van der Waals surface area contributed by atoms with Crippen LogP contribution >= 0.6 is 11.6 Å². The molecular weight excluding hydrogens is 424 g/mol. The molecule has 0 fully saturated rings. The SMILES string of the molecule is CNC(=O)C(N[C@H](CCc1ccc(Cl)cc1)c1ccc(OC)c(OC)c1)c1ccccc1. The van der Waals surface area contributed by atoms with Gasteiger partial charge >= 0.3 is 0 Å². The van der Waals surface area contributed by atoms with E-state index in [0.29, 0.717) is 16.5 Å². The van der Waals surface area contributed by atoms with Gasteiger partial charge in [-0.2, -0.15) is 0 Å². The van der Waals surface area contributed by atoms with Gasteiger partial charge in [-0.15, -0.1) is 0 Å². The maximum absolute atomic E-state index is 12.8. The number of halogens is 1. The monoisotopic (exact) mass is 452 g/mol. The summed E-state index contributed by atoms with van der Waals surface area (Å²) in [6.45, 7) is 0. The molecule has 0 bridgehead atoms. The summed E-state index contributed by atoms with van der Waals surface area (Å²) >= 11 is 6.04. The highest BCUT2D eigenvalue weighted by molar-refractivity contribution is 6.30. The van der Waals surface area contributed by atoms with E-state index in [-0.39, 0.29) is 11.9 Å². The van der Waals surface area contributed by atoms with Crippen LogP contribution in [0.1, 0.15) is 35.2 Å². The summed E-state index contributed by atoms with van der Waals surface area (Å²) < 4.78 is 10.9.